The maximum absolute atomic E-state index is 12.4. The third kappa shape index (κ3) is 2.42. The van der Waals surface area contributed by atoms with Crippen molar-refractivity contribution in [1.82, 2.24) is 4.40 Å². The Bertz CT molecular complexity index is 579. The predicted octanol–water partition coefficient (Wildman–Crippen LogP) is 4.02. The Morgan fingerprint density at radius 1 is 1.35 bits per heavy atom. The van der Waals surface area contributed by atoms with Crippen LogP contribution in [0.25, 0.3) is 5.52 Å². The summed E-state index contributed by atoms with van der Waals surface area (Å²) in [4.78, 5) is 10.6. The monoisotopic (exact) mass is 279 g/mol. The normalized spacial score (nSPS) is 12.0. The van der Waals surface area contributed by atoms with Gasteiger partial charge < -0.3 is 4.40 Å². The topological polar surface area (TPSA) is 21.5 Å². The second-order valence-corrected chi connectivity index (χ2v) is 4.65. The van der Waals surface area contributed by atoms with Gasteiger partial charge in [0, 0.05) is 11.8 Å². The van der Waals surface area contributed by atoms with Crippen LogP contribution >= 0.6 is 23.4 Å². The molecule has 0 aliphatic carbocycles. The van der Waals surface area contributed by atoms with E-state index in [-0.39, 0.29) is 32.9 Å². The van der Waals surface area contributed by atoms with Crippen molar-refractivity contribution in [2.75, 3.05) is 0 Å². The molecule has 7 heteroatoms. The molecule has 0 fully saturated rings. The molecule has 0 amide bonds. The summed E-state index contributed by atoms with van der Waals surface area (Å²) in [6.45, 7) is 0. The van der Waals surface area contributed by atoms with Crippen LogP contribution in [0.1, 0.15) is 10.4 Å². The van der Waals surface area contributed by atoms with E-state index in [1.807, 2.05) is 0 Å². The molecular weight excluding hydrogens is 275 g/mol. The molecule has 0 bridgehead atoms. The zero-order valence-corrected chi connectivity index (χ0v) is 9.73. The second kappa shape index (κ2) is 4.27. The fourth-order valence-corrected chi connectivity index (χ4v) is 2.40. The summed E-state index contributed by atoms with van der Waals surface area (Å²) in [5.41, 5.74) is -4.20. The van der Waals surface area contributed by atoms with Crippen molar-refractivity contribution < 1.29 is 18.0 Å². The highest BCUT2D eigenvalue weighted by Gasteiger charge is 2.32. The van der Waals surface area contributed by atoms with Gasteiger partial charge in [0.15, 0.2) is 6.29 Å². The lowest BCUT2D eigenvalue weighted by Gasteiger charge is -2.05. The van der Waals surface area contributed by atoms with Crippen LogP contribution in [0.15, 0.2) is 29.3 Å². The third-order valence-electron chi connectivity index (χ3n) is 2.09. The van der Waals surface area contributed by atoms with E-state index in [2.05, 4.69) is 0 Å². The minimum Gasteiger partial charge on any atom is -0.306 e. The van der Waals surface area contributed by atoms with Crippen molar-refractivity contribution in [2.45, 2.75) is 10.4 Å². The van der Waals surface area contributed by atoms with Crippen LogP contribution in [0.5, 0.6) is 0 Å². The van der Waals surface area contributed by atoms with E-state index in [1.54, 1.807) is 0 Å². The van der Waals surface area contributed by atoms with E-state index >= 15 is 0 Å². The van der Waals surface area contributed by atoms with Crippen LogP contribution in [0.3, 0.4) is 0 Å². The molecule has 90 valence electrons. The summed E-state index contributed by atoms with van der Waals surface area (Å²) < 4.78 is 38.5. The minimum absolute atomic E-state index is 0.0274. The number of pyridine rings is 1. The van der Waals surface area contributed by atoms with E-state index < -0.39 is 5.51 Å². The van der Waals surface area contributed by atoms with Gasteiger partial charge >= 0.3 is 5.51 Å². The molecule has 0 N–H and O–H groups in total. The van der Waals surface area contributed by atoms with E-state index in [0.29, 0.717) is 6.29 Å². The van der Waals surface area contributed by atoms with Gasteiger partial charge in [-0.25, -0.2) is 0 Å². The average Bonchev–Trinajstić information content (AvgIpc) is 2.56. The summed E-state index contributed by atoms with van der Waals surface area (Å²) in [5, 5.41) is 0.250. The van der Waals surface area contributed by atoms with Crippen molar-refractivity contribution >= 4 is 35.2 Å². The first-order valence-electron chi connectivity index (χ1n) is 4.43. The van der Waals surface area contributed by atoms with Crippen LogP contribution in [0.4, 0.5) is 13.2 Å². The Morgan fingerprint density at radius 2 is 2.06 bits per heavy atom. The zero-order chi connectivity index (χ0) is 12.6. The van der Waals surface area contributed by atoms with Gasteiger partial charge in [-0.2, -0.15) is 13.2 Å². The molecule has 0 radical (unpaired) electrons. The van der Waals surface area contributed by atoms with Crippen LogP contribution in [-0.2, 0) is 0 Å². The van der Waals surface area contributed by atoms with E-state index in [4.69, 9.17) is 11.6 Å². The summed E-state index contributed by atoms with van der Waals surface area (Å²) >= 11 is 5.51. The number of hydrogen-bond acceptors (Lipinski definition) is 2. The zero-order valence-electron chi connectivity index (χ0n) is 8.16. The molecule has 17 heavy (non-hydrogen) atoms. The minimum atomic E-state index is -4.44. The van der Waals surface area contributed by atoms with Crippen molar-refractivity contribution in [3.8, 4) is 0 Å². The standard InChI is InChI=1S/C10H5ClF3NOS/c11-8-3-1-2-7-9(17-10(12,13)14)6(5-16)4-15(7)8/h1-5H. The summed E-state index contributed by atoms with van der Waals surface area (Å²) in [6.07, 6.45) is 1.68. The lowest BCUT2D eigenvalue weighted by Crippen LogP contribution is -1.99. The molecule has 0 atom stereocenters. The first-order valence-corrected chi connectivity index (χ1v) is 5.62. The Hall–Kier alpha value is -1.14. The first kappa shape index (κ1) is 12.3. The van der Waals surface area contributed by atoms with Crippen LogP contribution in [0.2, 0.25) is 5.15 Å². The number of thioether (sulfide) groups is 1. The van der Waals surface area contributed by atoms with Gasteiger partial charge in [-0.15, -0.1) is 0 Å². The number of fused-ring (bicyclic) bond motifs is 1. The average molecular weight is 280 g/mol. The number of aldehydes is 1. The number of rotatable bonds is 2. The highest BCUT2D eigenvalue weighted by molar-refractivity contribution is 8.00. The number of halogens is 4. The number of aromatic nitrogens is 1. The molecule has 2 heterocycles. The molecule has 0 unspecified atom stereocenters. The summed E-state index contributed by atoms with van der Waals surface area (Å²) in [5.74, 6) is 0. The molecular formula is C10H5ClF3NOS. The fraction of sp³-hybridized carbons (Fsp3) is 0.100. The third-order valence-corrected chi connectivity index (χ3v) is 3.27. The van der Waals surface area contributed by atoms with E-state index in [0.717, 1.165) is 0 Å². The molecule has 0 aliphatic heterocycles. The first-order chi connectivity index (χ1) is 7.92. The lowest BCUT2D eigenvalue weighted by atomic mass is 10.3. The van der Waals surface area contributed by atoms with Crippen molar-refractivity contribution in [3.63, 3.8) is 0 Å². The molecule has 2 aromatic heterocycles. The van der Waals surface area contributed by atoms with Crippen molar-refractivity contribution in [2.24, 2.45) is 0 Å². The Balaban J connectivity index is 2.67. The summed E-state index contributed by atoms with van der Waals surface area (Å²) in [6, 6.07) is 4.55. The van der Waals surface area contributed by atoms with Crippen molar-refractivity contribution in [1.29, 1.82) is 0 Å². The Morgan fingerprint density at radius 3 is 2.65 bits per heavy atom. The van der Waals surface area contributed by atoms with Crippen LogP contribution in [-0.4, -0.2) is 16.2 Å². The largest absolute Gasteiger partial charge is 0.446 e. The maximum Gasteiger partial charge on any atom is 0.446 e. The predicted molar refractivity (Wildman–Crippen MR) is 59.7 cm³/mol. The molecule has 0 saturated heterocycles. The van der Waals surface area contributed by atoms with Gasteiger partial charge in [0.1, 0.15) is 5.15 Å². The van der Waals surface area contributed by atoms with Gasteiger partial charge in [0.2, 0.25) is 0 Å². The number of carbonyl (C=O) groups is 1. The lowest BCUT2D eigenvalue weighted by molar-refractivity contribution is -0.0327. The number of alkyl halides is 3. The molecule has 0 saturated carbocycles. The van der Waals surface area contributed by atoms with Gasteiger partial charge in [-0.1, -0.05) is 17.7 Å². The van der Waals surface area contributed by atoms with Crippen LogP contribution < -0.4 is 0 Å². The fourth-order valence-electron chi connectivity index (χ4n) is 1.47. The molecule has 0 spiro atoms. The molecule has 2 nitrogen and oxygen atoms in total. The smallest absolute Gasteiger partial charge is 0.306 e. The highest BCUT2D eigenvalue weighted by atomic mass is 35.5. The van der Waals surface area contributed by atoms with Gasteiger partial charge in [0.05, 0.1) is 10.4 Å². The Labute approximate surface area is 103 Å². The second-order valence-electron chi connectivity index (χ2n) is 3.18. The van der Waals surface area contributed by atoms with Gasteiger partial charge in [-0.3, -0.25) is 4.79 Å². The van der Waals surface area contributed by atoms with E-state index in [1.165, 1.54) is 28.8 Å². The molecule has 2 rings (SSSR count). The van der Waals surface area contributed by atoms with Crippen molar-refractivity contribution in [3.05, 3.63) is 35.1 Å². The Kier molecular flexibility index (Phi) is 3.09. The SMILES string of the molecule is O=Cc1cn2c(Cl)cccc2c1SC(F)(F)F. The summed E-state index contributed by atoms with van der Waals surface area (Å²) in [7, 11) is 0. The van der Waals surface area contributed by atoms with Crippen LogP contribution in [0, 0.1) is 0 Å². The number of nitrogens with zero attached hydrogens (tertiary/aromatic N) is 1. The maximum atomic E-state index is 12.4. The quantitative estimate of drug-likeness (QED) is 0.470. The molecule has 0 aromatic carbocycles. The molecule has 0 aliphatic rings. The number of hydrogen-bond donors (Lipinski definition) is 0. The van der Waals surface area contributed by atoms with Gasteiger partial charge in [0.25, 0.3) is 0 Å². The van der Waals surface area contributed by atoms with E-state index in [9.17, 15) is 18.0 Å². The molecule has 2 aromatic rings. The highest BCUT2D eigenvalue weighted by Crippen LogP contribution is 2.41. The number of carbonyl (C=O) groups excluding carboxylic acids is 1. The van der Waals surface area contributed by atoms with Gasteiger partial charge in [-0.05, 0) is 23.9 Å².